The van der Waals surface area contributed by atoms with Crippen LogP contribution in [0.1, 0.15) is 43.6 Å². The molecule has 0 saturated carbocycles. The number of fused-ring (bicyclic) bond motifs is 2. The van der Waals surface area contributed by atoms with Gasteiger partial charge in [-0.1, -0.05) is 24.3 Å². The van der Waals surface area contributed by atoms with E-state index in [9.17, 15) is 9.59 Å². The number of carbonyl (C=O) groups excluding carboxylic acids is 1. The van der Waals surface area contributed by atoms with E-state index in [0.29, 0.717) is 0 Å². The molecule has 0 saturated heterocycles. The zero-order valence-electron chi connectivity index (χ0n) is 23.2. The molecule has 4 nitrogen and oxygen atoms in total. The molecular formula is C34H36N2O2S. The SMILES string of the molecule is CCN(CC)c1ccc(C(=O)c2ccc(N(CC)CC)cc2)cc1.O=c1c2ccccc2sc2ccccc12. The molecule has 1 heterocycles. The van der Waals surface area contributed by atoms with Gasteiger partial charge in [0.2, 0.25) is 0 Å². The van der Waals surface area contributed by atoms with Crippen molar-refractivity contribution in [2.24, 2.45) is 0 Å². The zero-order chi connectivity index (χ0) is 27.8. The Balaban J connectivity index is 0.000000199. The predicted octanol–water partition coefficient (Wildman–Crippen LogP) is 8.02. The second-order valence-electron chi connectivity index (χ2n) is 9.19. The molecule has 5 heteroatoms. The molecule has 0 bridgehead atoms. The van der Waals surface area contributed by atoms with Crippen molar-refractivity contribution in [1.82, 2.24) is 0 Å². The summed E-state index contributed by atoms with van der Waals surface area (Å²) in [5.41, 5.74) is 3.94. The second kappa shape index (κ2) is 13.2. The van der Waals surface area contributed by atoms with E-state index in [2.05, 4.69) is 37.5 Å². The van der Waals surface area contributed by atoms with Crippen molar-refractivity contribution >= 4 is 48.7 Å². The van der Waals surface area contributed by atoms with Gasteiger partial charge in [0.25, 0.3) is 0 Å². The van der Waals surface area contributed by atoms with Gasteiger partial charge in [0.1, 0.15) is 0 Å². The highest BCUT2D eigenvalue weighted by Crippen LogP contribution is 2.24. The van der Waals surface area contributed by atoms with Crippen molar-refractivity contribution in [3.8, 4) is 0 Å². The molecule has 0 spiro atoms. The molecule has 4 aromatic carbocycles. The van der Waals surface area contributed by atoms with E-state index in [0.717, 1.165) is 68.9 Å². The van der Waals surface area contributed by atoms with Crippen molar-refractivity contribution in [1.29, 1.82) is 0 Å². The van der Waals surface area contributed by atoms with E-state index >= 15 is 0 Å². The molecule has 5 rings (SSSR count). The Kier molecular flexibility index (Phi) is 9.50. The number of hydrogen-bond donors (Lipinski definition) is 0. The minimum absolute atomic E-state index is 0.0761. The Labute approximate surface area is 235 Å². The summed E-state index contributed by atoms with van der Waals surface area (Å²) in [5.74, 6) is 0.0761. The summed E-state index contributed by atoms with van der Waals surface area (Å²) in [7, 11) is 0. The first kappa shape index (κ1) is 28.1. The Morgan fingerprint density at radius 2 is 0.923 bits per heavy atom. The van der Waals surface area contributed by atoms with Crippen LogP contribution in [-0.2, 0) is 0 Å². The van der Waals surface area contributed by atoms with Gasteiger partial charge in [0, 0.05) is 68.9 Å². The fourth-order valence-electron chi connectivity index (χ4n) is 4.74. The van der Waals surface area contributed by atoms with Crippen LogP contribution < -0.4 is 15.2 Å². The van der Waals surface area contributed by atoms with Crippen LogP contribution in [0.15, 0.2) is 102 Å². The lowest BCUT2D eigenvalue weighted by Gasteiger charge is -2.21. The molecule has 0 unspecified atom stereocenters. The highest BCUT2D eigenvalue weighted by atomic mass is 32.1. The summed E-state index contributed by atoms with van der Waals surface area (Å²) in [6.07, 6.45) is 0. The first-order valence-electron chi connectivity index (χ1n) is 13.7. The number of ketones is 1. The maximum absolute atomic E-state index is 12.7. The van der Waals surface area contributed by atoms with Crippen LogP contribution in [0.3, 0.4) is 0 Å². The van der Waals surface area contributed by atoms with Crippen LogP contribution in [0, 0.1) is 0 Å². The van der Waals surface area contributed by atoms with Crippen LogP contribution >= 0.6 is 11.3 Å². The zero-order valence-corrected chi connectivity index (χ0v) is 24.0. The molecule has 0 amide bonds. The van der Waals surface area contributed by atoms with Gasteiger partial charge in [-0.2, -0.15) is 0 Å². The fourth-order valence-corrected chi connectivity index (χ4v) is 5.81. The van der Waals surface area contributed by atoms with Crippen molar-refractivity contribution in [3.05, 3.63) is 118 Å². The number of anilines is 2. The summed E-state index contributed by atoms with van der Waals surface area (Å²) >= 11 is 1.67. The van der Waals surface area contributed by atoms with E-state index in [-0.39, 0.29) is 11.2 Å². The molecule has 1 aromatic heterocycles. The van der Waals surface area contributed by atoms with Crippen molar-refractivity contribution in [2.75, 3.05) is 36.0 Å². The smallest absolute Gasteiger partial charge is 0.195 e. The largest absolute Gasteiger partial charge is 0.372 e. The molecule has 39 heavy (non-hydrogen) atoms. The molecule has 0 radical (unpaired) electrons. The molecule has 0 N–H and O–H groups in total. The summed E-state index contributed by atoms with van der Waals surface area (Å²) in [4.78, 5) is 29.3. The maximum Gasteiger partial charge on any atom is 0.195 e. The average molecular weight is 537 g/mol. The quantitative estimate of drug-likeness (QED) is 0.149. The summed E-state index contributed by atoms with van der Waals surface area (Å²) < 4.78 is 2.11. The molecule has 0 aliphatic rings. The molecule has 0 aliphatic heterocycles. The van der Waals surface area contributed by atoms with Gasteiger partial charge in [-0.15, -0.1) is 11.3 Å². The lowest BCUT2D eigenvalue weighted by Crippen LogP contribution is -2.22. The molecule has 0 aliphatic carbocycles. The monoisotopic (exact) mass is 536 g/mol. The number of carbonyl (C=O) groups is 1. The Bertz CT molecular complexity index is 1470. The van der Waals surface area contributed by atoms with E-state index in [1.165, 1.54) is 0 Å². The van der Waals surface area contributed by atoms with Crippen molar-refractivity contribution < 1.29 is 4.79 Å². The third-order valence-corrected chi connectivity index (χ3v) is 8.15. The predicted molar refractivity (Wildman–Crippen MR) is 169 cm³/mol. The van der Waals surface area contributed by atoms with E-state index < -0.39 is 0 Å². The van der Waals surface area contributed by atoms with Crippen LogP contribution in [0.25, 0.3) is 20.2 Å². The molecule has 0 atom stereocenters. The lowest BCUT2D eigenvalue weighted by atomic mass is 10.0. The van der Waals surface area contributed by atoms with Gasteiger partial charge < -0.3 is 9.80 Å². The van der Waals surface area contributed by atoms with Crippen molar-refractivity contribution in [3.63, 3.8) is 0 Å². The van der Waals surface area contributed by atoms with Gasteiger partial charge in [-0.25, -0.2) is 0 Å². The fraction of sp³-hybridized carbons (Fsp3) is 0.235. The first-order valence-corrected chi connectivity index (χ1v) is 14.5. The normalized spacial score (nSPS) is 10.7. The van der Waals surface area contributed by atoms with Crippen LogP contribution in [0.4, 0.5) is 11.4 Å². The van der Waals surface area contributed by atoms with E-state index in [4.69, 9.17) is 0 Å². The lowest BCUT2D eigenvalue weighted by molar-refractivity contribution is 0.103. The van der Waals surface area contributed by atoms with Crippen molar-refractivity contribution in [2.45, 2.75) is 27.7 Å². The number of rotatable bonds is 8. The van der Waals surface area contributed by atoms with Gasteiger partial charge in [-0.3, -0.25) is 9.59 Å². The Hall–Kier alpha value is -3.96. The number of hydrogen-bond acceptors (Lipinski definition) is 5. The third-order valence-electron chi connectivity index (χ3n) is 7.00. The van der Waals surface area contributed by atoms with E-state index in [1.807, 2.05) is 97.1 Å². The molecule has 5 aromatic rings. The second-order valence-corrected chi connectivity index (χ2v) is 10.3. The van der Waals surface area contributed by atoms with Crippen LogP contribution in [-0.4, -0.2) is 32.0 Å². The Morgan fingerprint density at radius 1 is 0.564 bits per heavy atom. The average Bonchev–Trinajstić information content (AvgIpc) is 2.99. The van der Waals surface area contributed by atoms with Gasteiger partial charge in [0.15, 0.2) is 11.2 Å². The standard InChI is InChI=1S/C21H28N2O.C13H8OS/c1-5-22(6-2)19-13-9-17(10-14-19)21(24)18-11-15-20(16-12-18)23(7-3)8-4;14-13-9-5-1-3-7-11(9)15-12-8-4-2-6-10(12)13/h9-16H,5-8H2,1-4H3;1-8H. The summed E-state index contributed by atoms with van der Waals surface area (Å²) in [5, 5.41) is 1.64. The topological polar surface area (TPSA) is 40.6 Å². The highest BCUT2D eigenvalue weighted by molar-refractivity contribution is 7.24. The first-order chi connectivity index (χ1) is 19.0. The molecular weight excluding hydrogens is 500 g/mol. The summed E-state index contributed by atoms with van der Waals surface area (Å²) in [6, 6.07) is 31.3. The number of nitrogens with zero attached hydrogens (tertiary/aromatic N) is 2. The molecule has 200 valence electrons. The van der Waals surface area contributed by atoms with Crippen LogP contribution in [0.5, 0.6) is 0 Å². The summed E-state index contributed by atoms with van der Waals surface area (Å²) in [6.45, 7) is 12.4. The van der Waals surface area contributed by atoms with Gasteiger partial charge >= 0.3 is 0 Å². The van der Waals surface area contributed by atoms with E-state index in [1.54, 1.807) is 11.3 Å². The maximum atomic E-state index is 12.7. The minimum Gasteiger partial charge on any atom is -0.372 e. The minimum atomic E-state index is 0.0761. The van der Waals surface area contributed by atoms with Gasteiger partial charge in [-0.05, 0) is 100 Å². The Morgan fingerprint density at radius 3 is 1.28 bits per heavy atom. The molecule has 0 fully saturated rings. The highest BCUT2D eigenvalue weighted by Gasteiger charge is 2.11. The van der Waals surface area contributed by atoms with Gasteiger partial charge in [0.05, 0.1) is 0 Å². The van der Waals surface area contributed by atoms with Crippen LogP contribution in [0.2, 0.25) is 0 Å². The third kappa shape index (κ3) is 6.37. The number of benzene rings is 4.